The van der Waals surface area contributed by atoms with Gasteiger partial charge in [0.1, 0.15) is 12.2 Å². The number of esters is 2. The SMILES string of the molecule is CO[C@@](C(=O)O[C@H]1CCC(C)(C)[C@@H](/C=C/C(C)=C/C=C/C(C)=C/C=C/C=C(C)/C=C/C=C(C)/C=C/[C@H]2[C@H](C)[C@@H](OC(=O)[C@](OC)(c3ccccc3)C(F)(F)F)CCC2(C)C)[C@@H]1C)(c1ccccc1)C(F)(F)F. The minimum absolute atomic E-state index is 0.0785. The van der Waals surface area contributed by atoms with Gasteiger partial charge < -0.3 is 18.9 Å². The number of rotatable bonds is 18. The number of benzene rings is 2. The van der Waals surface area contributed by atoms with Crippen molar-refractivity contribution >= 4 is 11.9 Å². The molecule has 0 radical (unpaired) electrons. The molecule has 0 saturated heterocycles. The zero-order valence-electron chi connectivity index (χ0n) is 43.9. The van der Waals surface area contributed by atoms with Gasteiger partial charge in [0.05, 0.1) is 0 Å². The first-order valence-electron chi connectivity index (χ1n) is 24.5. The molecule has 2 aliphatic rings. The Hall–Kier alpha value is -5.46. The van der Waals surface area contributed by atoms with E-state index >= 15 is 0 Å². The summed E-state index contributed by atoms with van der Waals surface area (Å²) < 4.78 is 109. The Labute approximate surface area is 424 Å². The second-order valence-corrected chi connectivity index (χ2v) is 20.7. The van der Waals surface area contributed by atoms with Crippen LogP contribution in [-0.4, -0.2) is 50.7 Å². The Morgan fingerprint density at radius 1 is 0.514 bits per heavy atom. The second kappa shape index (κ2) is 25.0. The van der Waals surface area contributed by atoms with Crippen LogP contribution in [0.5, 0.6) is 0 Å². The molecule has 4 rings (SSSR count). The third-order valence-electron chi connectivity index (χ3n) is 14.5. The zero-order chi connectivity index (χ0) is 53.7. The Morgan fingerprint density at radius 2 is 0.819 bits per heavy atom. The number of methoxy groups -OCH3 is 2. The van der Waals surface area contributed by atoms with Crippen molar-refractivity contribution in [1.29, 1.82) is 0 Å². The molecule has 0 spiro atoms. The highest BCUT2D eigenvalue weighted by Gasteiger charge is 2.66. The maximum absolute atomic E-state index is 14.6. The Bertz CT molecular complexity index is 2250. The predicted molar refractivity (Wildman–Crippen MR) is 274 cm³/mol. The molecule has 2 saturated carbocycles. The number of hydrogen-bond acceptors (Lipinski definition) is 6. The summed E-state index contributed by atoms with van der Waals surface area (Å²) in [5, 5.41) is 0. The first kappa shape index (κ1) is 59.1. The van der Waals surface area contributed by atoms with Crippen LogP contribution in [0.25, 0.3) is 0 Å². The molecule has 392 valence electrons. The van der Waals surface area contributed by atoms with Crippen molar-refractivity contribution in [1.82, 2.24) is 0 Å². The van der Waals surface area contributed by atoms with Gasteiger partial charge in [0.15, 0.2) is 0 Å². The van der Waals surface area contributed by atoms with E-state index in [0.717, 1.165) is 36.5 Å². The van der Waals surface area contributed by atoms with Crippen LogP contribution in [0.15, 0.2) is 168 Å². The van der Waals surface area contributed by atoms with Crippen molar-refractivity contribution in [3.63, 3.8) is 0 Å². The number of hydrogen-bond donors (Lipinski definition) is 0. The molecule has 0 aliphatic heterocycles. The van der Waals surface area contributed by atoms with Crippen LogP contribution in [0.3, 0.4) is 0 Å². The minimum Gasteiger partial charge on any atom is -0.459 e. The van der Waals surface area contributed by atoms with Crippen LogP contribution in [0.4, 0.5) is 26.3 Å². The smallest absolute Gasteiger partial charge is 0.432 e. The fraction of sp³-hybridized carbons (Fsp3) is 0.467. The summed E-state index contributed by atoms with van der Waals surface area (Å²) in [5.74, 6) is -3.60. The molecule has 12 heteroatoms. The highest BCUT2D eigenvalue weighted by Crippen LogP contribution is 2.50. The molecule has 0 heterocycles. The van der Waals surface area contributed by atoms with Crippen molar-refractivity contribution in [3.05, 3.63) is 179 Å². The number of alkyl halides is 6. The van der Waals surface area contributed by atoms with Crippen molar-refractivity contribution in [2.75, 3.05) is 14.2 Å². The first-order chi connectivity index (χ1) is 33.7. The van der Waals surface area contributed by atoms with Gasteiger partial charge in [-0.2, -0.15) is 26.3 Å². The van der Waals surface area contributed by atoms with E-state index in [1.54, 1.807) is 12.1 Å². The van der Waals surface area contributed by atoms with Gasteiger partial charge >= 0.3 is 24.3 Å². The molecule has 2 aliphatic carbocycles. The van der Waals surface area contributed by atoms with Crippen molar-refractivity contribution in [2.45, 2.75) is 131 Å². The average Bonchev–Trinajstić information content (AvgIpc) is 3.30. The predicted octanol–water partition coefficient (Wildman–Crippen LogP) is 15.7. The van der Waals surface area contributed by atoms with Gasteiger partial charge in [0.25, 0.3) is 11.2 Å². The van der Waals surface area contributed by atoms with Crippen molar-refractivity contribution in [3.8, 4) is 0 Å². The largest absolute Gasteiger partial charge is 0.459 e. The van der Waals surface area contributed by atoms with E-state index in [2.05, 4.69) is 39.8 Å². The Balaban J connectivity index is 1.33. The minimum atomic E-state index is -5.04. The standard InChI is InChI=1S/C60H74F6O6/c1-41(25-21-27-43(3)33-35-49-45(5)51(37-39-55(49,7)8)71-53(67)57(69-11,59(61,62)63)47-29-15-13-16-30-47)23-19-20-24-42(2)26-22-28-44(4)34-36-50-46(6)52(38-40-56(50,9)10)72-54(68)58(70-12,60(64,65)66)48-31-17-14-18-32-48/h13-36,45-46,49-52H,37-40H2,1-12H3/b20-19+,25-21+,26-22+,35-33+,36-34+,41-23+,42-24+,43-27+,44-28+/t45-,46-,49-,50-,51-,52-,57+,58+/m0/s1. The topological polar surface area (TPSA) is 71.1 Å². The quantitative estimate of drug-likeness (QED) is 0.0842. The lowest BCUT2D eigenvalue weighted by atomic mass is 9.63. The zero-order valence-corrected chi connectivity index (χ0v) is 43.9. The molecule has 2 fully saturated rings. The molecule has 6 nitrogen and oxygen atoms in total. The third kappa shape index (κ3) is 14.2. The second-order valence-electron chi connectivity index (χ2n) is 20.7. The molecule has 0 unspecified atom stereocenters. The molecule has 8 atom stereocenters. The van der Waals surface area contributed by atoms with Gasteiger partial charge in [-0.15, -0.1) is 0 Å². The summed E-state index contributed by atoms with van der Waals surface area (Å²) in [6.45, 7) is 20.3. The lowest BCUT2D eigenvalue weighted by Crippen LogP contribution is -2.54. The van der Waals surface area contributed by atoms with Gasteiger partial charge in [-0.1, -0.05) is 210 Å². The lowest BCUT2D eigenvalue weighted by Gasteiger charge is -2.46. The summed E-state index contributed by atoms with van der Waals surface area (Å²) >= 11 is 0. The van der Waals surface area contributed by atoms with Gasteiger partial charge in [-0.05, 0) is 87.9 Å². The van der Waals surface area contributed by atoms with Crippen LogP contribution in [0.1, 0.15) is 106 Å². The summed E-state index contributed by atoms with van der Waals surface area (Å²) in [6.07, 6.45) is 18.5. The van der Waals surface area contributed by atoms with E-state index in [9.17, 15) is 35.9 Å². The summed E-state index contributed by atoms with van der Waals surface area (Å²) in [5.41, 5.74) is -3.50. The molecule has 0 aromatic heterocycles. The van der Waals surface area contributed by atoms with E-state index in [4.69, 9.17) is 18.9 Å². The first-order valence-corrected chi connectivity index (χ1v) is 24.5. The van der Waals surface area contributed by atoms with E-state index < -0.39 is 47.7 Å². The summed E-state index contributed by atoms with van der Waals surface area (Å²) in [6, 6.07) is 13.7. The molecule has 0 bridgehead atoms. The molecular formula is C60H74F6O6. The van der Waals surface area contributed by atoms with E-state index in [1.165, 1.54) is 48.5 Å². The number of carbonyl (C=O) groups excluding carboxylic acids is 2. The van der Waals surface area contributed by atoms with E-state index in [-0.39, 0.29) is 45.6 Å². The van der Waals surface area contributed by atoms with Gasteiger partial charge in [-0.25, -0.2) is 9.59 Å². The maximum atomic E-state index is 14.6. The van der Waals surface area contributed by atoms with E-state index in [0.29, 0.717) is 25.7 Å². The number of ether oxygens (including phenoxy) is 4. The number of carbonyl (C=O) groups is 2. The molecule has 0 N–H and O–H groups in total. The molecule has 72 heavy (non-hydrogen) atoms. The molecule has 0 amide bonds. The molecule has 2 aromatic carbocycles. The monoisotopic (exact) mass is 1000 g/mol. The summed E-state index contributed by atoms with van der Waals surface area (Å²) in [4.78, 5) is 26.9. The normalized spacial score (nSPS) is 25.6. The van der Waals surface area contributed by atoms with E-state index in [1.807, 2.05) is 114 Å². The number of halogens is 6. The van der Waals surface area contributed by atoms with Crippen LogP contribution < -0.4 is 0 Å². The number of allylic oxidation sites excluding steroid dienone is 18. The highest BCUT2D eigenvalue weighted by atomic mass is 19.4. The van der Waals surface area contributed by atoms with Crippen LogP contribution in [0.2, 0.25) is 0 Å². The van der Waals surface area contributed by atoms with Crippen LogP contribution in [0, 0.1) is 34.5 Å². The fourth-order valence-corrected chi connectivity index (χ4v) is 10.0. The summed E-state index contributed by atoms with van der Waals surface area (Å²) in [7, 11) is 1.75. The Morgan fingerprint density at radius 3 is 1.12 bits per heavy atom. The maximum Gasteiger partial charge on any atom is 0.432 e. The van der Waals surface area contributed by atoms with Gasteiger partial charge in [0.2, 0.25) is 0 Å². The van der Waals surface area contributed by atoms with Crippen LogP contribution >= 0.6 is 0 Å². The van der Waals surface area contributed by atoms with Gasteiger partial charge in [-0.3, -0.25) is 0 Å². The Kier molecular flexibility index (Phi) is 20.5. The van der Waals surface area contributed by atoms with Gasteiger partial charge in [0, 0.05) is 25.3 Å². The molecule has 2 aromatic rings. The fourth-order valence-electron chi connectivity index (χ4n) is 10.0. The van der Waals surface area contributed by atoms with Crippen molar-refractivity contribution < 1.29 is 54.9 Å². The highest BCUT2D eigenvalue weighted by molar-refractivity contribution is 5.83. The third-order valence-corrected chi connectivity index (χ3v) is 14.5. The molecular weight excluding hydrogens is 931 g/mol. The van der Waals surface area contributed by atoms with Crippen LogP contribution in [-0.2, 0) is 39.7 Å². The van der Waals surface area contributed by atoms with Crippen molar-refractivity contribution in [2.24, 2.45) is 34.5 Å². The lowest BCUT2D eigenvalue weighted by molar-refractivity contribution is -0.280. The average molecular weight is 1010 g/mol.